The van der Waals surface area contributed by atoms with Crippen molar-refractivity contribution < 1.29 is 23.9 Å². The standard InChI is InChI=1S/C22H32N2O5/c1-14-7-8-15(2)18(13-14)23-19(25)16(3)28-20(26)17-9-11-24(12-10-17)21(27)29-22(4,5)6/h7-8,13,16-17H,9-12H2,1-6H3,(H,23,25)/t16-/m0/s1. The molecule has 1 aliphatic heterocycles. The van der Waals surface area contributed by atoms with Crippen LogP contribution in [-0.2, 0) is 19.1 Å². The second-order valence-electron chi connectivity index (χ2n) is 8.63. The molecule has 1 aromatic carbocycles. The lowest BCUT2D eigenvalue weighted by atomic mass is 9.97. The van der Waals surface area contributed by atoms with Crippen molar-refractivity contribution in [3.8, 4) is 0 Å². The van der Waals surface area contributed by atoms with Gasteiger partial charge in [0.15, 0.2) is 6.10 Å². The fraction of sp³-hybridized carbons (Fsp3) is 0.591. The summed E-state index contributed by atoms with van der Waals surface area (Å²) >= 11 is 0. The summed E-state index contributed by atoms with van der Waals surface area (Å²) in [6.45, 7) is 11.7. The molecule has 0 saturated carbocycles. The molecule has 0 radical (unpaired) electrons. The van der Waals surface area contributed by atoms with E-state index in [9.17, 15) is 14.4 Å². The predicted molar refractivity (Wildman–Crippen MR) is 111 cm³/mol. The van der Waals surface area contributed by atoms with Gasteiger partial charge in [0.05, 0.1) is 5.92 Å². The zero-order valence-corrected chi connectivity index (χ0v) is 18.2. The third-order valence-corrected chi connectivity index (χ3v) is 4.79. The van der Waals surface area contributed by atoms with Gasteiger partial charge in [-0.05, 0) is 71.6 Å². The molecule has 1 aliphatic rings. The smallest absolute Gasteiger partial charge is 0.410 e. The molecule has 2 amide bonds. The van der Waals surface area contributed by atoms with E-state index >= 15 is 0 Å². The number of aryl methyl sites for hydroxylation is 2. The highest BCUT2D eigenvalue weighted by atomic mass is 16.6. The first-order valence-corrected chi connectivity index (χ1v) is 10.0. The number of ether oxygens (including phenoxy) is 2. The van der Waals surface area contributed by atoms with Crippen LogP contribution < -0.4 is 5.32 Å². The van der Waals surface area contributed by atoms with Gasteiger partial charge in [-0.3, -0.25) is 9.59 Å². The third-order valence-electron chi connectivity index (χ3n) is 4.79. The number of amides is 2. The summed E-state index contributed by atoms with van der Waals surface area (Å²) in [5, 5.41) is 2.82. The first-order valence-electron chi connectivity index (χ1n) is 10.0. The molecule has 0 spiro atoms. The van der Waals surface area contributed by atoms with Gasteiger partial charge in [0.1, 0.15) is 5.60 Å². The summed E-state index contributed by atoms with van der Waals surface area (Å²) in [6.07, 6.45) is -0.288. The summed E-state index contributed by atoms with van der Waals surface area (Å²) in [5.74, 6) is -1.10. The molecule has 0 bridgehead atoms. The van der Waals surface area contributed by atoms with Crippen LogP contribution in [0.25, 0.3) is 0 Å². The van der Waals surface area contributed by atoms with Crippen molar-refractivity contribution in [2.75, 3.05) is 18.4 Å². The van der Waals surface area contributed by atoms with Crippen LogP contribution in [0.2, 0.25) is 0 Å². The van der Waals surface area contributed by atoms with Crippen LogP contribution in [0, 0.1) is 19.8 Å². The van der Waals surface area contributed by atoms with Crippen molar-refractivity contribution >= 4 is 23.7 Å². The largest absolute Gasteiger partial charge is 0.452 e. The SMILES string of the molecule is Cc1ccc(C)c(NC(=O)[C@H](C)OC(=O)C2CCN(C(=O)OC(C)(C)C)CC2)c1. The molecule has 1 saturated heterocycles. The number of esters is 1. The van der Waals surface area contributed by atoms with Crippen molar-refractivity contribution in [3.05, 3.63) is 29.3 Å². The Balaban J connectivity index is 1.83. The second-order valence-corrected chi connectivity index (χ2v) is 8.63. The van der Waals surface area contributed by atoms with E-state index in [-0.39, 0.29) is 17.9 Å². The second kappa shape index (κ2) is 9.29. The Morgan fingerprint density at radius 2 is 1.76 bits per heavy atom. The number of likely N-dealkylation sites (tertiary alicyclic amines) is 1. The molecular weight excluding hydrogens is 372 g/mol. The monoisotopic (exact) mass is 404 g/mol. The Morgan fingerprint density at radius 1 is 1.14 bits per heavy atom. The summed E-state index contributed by atoms with van der Waals surface area (Å²) in [4.78, 5) is 38.6. The molecule has 0 unspecified atom stereocenters. The molecule has 1 heterocycles. The molecule has 2 rings (SSSR count). The quantitative estimate of drug-likeness (QED) is 0.771. The van der Waals surface area contributed by atoms with Gasteiger partial charge in [-0.15, -0.1) is 0 Å². The Kier molecular flexibility index (Phi) is 7.27. The van der Waals surface area contributed by atoms with Crippen LogP contribution in [0.4, 0.5) is 10.5 Å². The zero-order chi connectivity index (χ0) is 21.8. The van der Waals surface area contributed by atoms with Crippen molar-refractivity contribution in [2.24, 2.45) is 5.92 Å². The number of nitrogens with one attached hydrogen (secondary N) is 1. The molecule has 7 nitrogen and oxygen atoms in total. The molecule has 1 atom stereocenters. The van der Waals surface area contributed by atoms with E-state index in [0.717, 1.165) is 11.1 Å². The molecule has 160 valence electrons. The van der Waals surface area contributed by atoms with E-state index in [0.29, 0.717) is 31.6 Å². The number of nitrogens with zero attached hydrogens (tertiary/aromatic N) is 1. The molecular formula is C22H32N2O5. The lowest BCUT2D eigenvalue weighted by Gasteiger charge is -2.32. The Bertz CT molecular complexity index is 761. The third kappa shape index (κ3) is 6.76. The van der Waals surface area contributed by atoms with Crippen molar-refractivity contribution in [3.63, 3.8) is 0 Å². The van der Waals surface area contributed by atoms with Crippen molar-refractivity contribution in [1.29, 1.82) is 0 Å². The Morgan fingerprint density at radius 3 is 2.34 bits per heavy atom. The van der Waals surface area contributed by atoms with Crippen molar-refractivity contribution in [1.82, 2.24) is 4.90 Å². The van der Waals surface area contributed by atoms with Gasteiger partial charge >= 0.3 is 12.1 Å². The maximum Gasteiger partial charge on any atom is 0.410 e. The normalized spacial score (nSPS) is 16.1. The molecule has 1 N–H and O–H groups in total. The molecule has 7 heteroatoms. The van der Waals surface area contributed by atoms with Crippen LogP contribution in [0.15, 0.2) is 18.2 Å². The van der Waals surface area contributed by atoms with Crippen LogP contribution in [-0.4, -0.2) is 47.7 Å². The summed E-state index contributed by atoms with van der Waals surface area (Å²) in [7, 11) is 0. The topological polar surface area (TPSA) is 84.9 Å². The maximum absolute atomic E-state index is 12.5. The number of carbonyl (C=O) groups excluding carboxylic acids is 3. The van der Waals surface area contributed by atoms with E-state index in [1.165, 1.54) is 0 Å². The first-order chi connectivity index (χ1) is 13.5. The van der Waals surface area contributed by atoms with Crippen LogP contribution in [0.1, 0.15) is 51.7 Å². The predicted octanol–water partition coefficient (Wildman–Crippen LogP) is 3.82. The van der Waals surface area contributed by atoms with Gasteiger partial charge in [0.25, 0.3) is 5.91 Å². The van der Waals surface area contributed by atoms with Gasteiger partial charge < -0.3 is 19.7 Å². The van der Waals surface area contributed by atoms with Crippen LogP contribution >= 0.6 is 0 Å². The van der Waals surface area contributed by atoms with Crippen molar-refractivity contribution in [2.45, 2.75) is 66.1 Å². The lowest BCUT2D eigenvalue weighted by molar-refractivity contribution is -0.158. The highest BCUT2D eigenvalue weighted by molar-refractivity contribution is 5.95. The van der Waals surface area contributed by atoms with E-state index in [1.54, 1.807) is 11.8 Å². The van der Waals surface area contributed by atoms with Gasteiger partial charge in [0, 0.05) is 18.8 Å². The minimum absolute atomic E-state index is 0.329. The molecule has 29 heavy (non-hydrogen) atoms. The number of rotatable bonds is 4. The van der Waals surface area contributed by atoms with E-state index in [4.69, 9.17) is 9.47 Å². The molecule has 1 fully saturated rings. The average Bonchev–Trinajstić information content (AvgIpc) is 2.63. The molecule has 1 aromatic rings. The van der Waals surface area contributed by atoms with Crippen LogP contribution in [0.3, 0.4) is 0 Å². The van der Waals surface area contributed by atoms with E-state index < -0.39 is 17.7 Å². The van der Waals surface area contributed by atoms with Gasteiger partial charge in [0.2, 0.25) is 0 Å². The molecule has 0 aliphatic carbocycles. The Hall–Kier alpha value is -2.57. The number of benzene rings is 1. The van der Waals surface area contributed by atoms with Crippen LogP contribution in [0.5, 0.6) is 0 Å². The average molecular weight is 405 g/mol. The lowest BCUT2D eigenvalue weighted by Crippen LogP contribution is -2.43. The van der Waals surface area contributed by atoms with Gasteiger partial charge in [-0.2, -0.15) is 0 Å². The summed E-state index contributed by atoms with van der Waals surface area (Å²) in [5.41, 5.74) is 2.14. The summed E-state index contributed by atoms with van der Waals surface area (Å²) < 4.78 is 10.7. The number of hydrogen-bond acceptors (Lipinski definition) is 5. The fourth-order valence-electron chi connectivity index (χ4n) is 3.05. The number of piperidine rings is 1. The fourth-order valence-corrected chi connectivity index (χ4v) is 3.05. The van der Waals surface area contributed by atoms with Gasteiger partial charge in [-0.25, -0.2) is 4.79 Å². The Labute approximate surface area is 172 Å². The van der Waals surface area contributed by atoms with E-state index in [1.807, 2.05) is 52.8 Å². The number of hydrogen-bond donors (Lipinski definition) is 1. The summed E-state index contributed by atoms with van der Waals surface area (Å²) in [6, 6.07) is 5.78. The van der Waals surface area contributed by atoms with Gasteiger partial charge in [-0.1, -0.05) is 12.1 Å². The minimum atomic E-state index is -0.897. The minimum Gasteiger partial charge on any atom is -0.452 e. The highest BCUT2D eigenvalue weighted by Gasteiger charge is 2.32. The number of anilines is 1. The maximum atomic E-state index is 12.5. The zero-order valence-electron chi connectivity index (χ0n) is 18.2. The molecule has 0 aromatic heterocycles. The number of carbonyl (C=O) groups is 3. The first kappa shape index (κ1) is 22.7. The highest BCUT2D eigenvalue weighted by Crippen LogP contribution is 2.22. The van der Waals surface area contributed by atoms with E-state index in [2.05, 4.69) is 5.32 Å².